The highest BCUT2D eigenvalue weighted by atomic mass is 35.5. The van der Waals surface area contributed by atoms with Gasteiger partial charge in [-0.05, 0) is 16.3 Å². The van der Waals surface area contributed by atoms with Gasteiger partial charge in [-0.1, -0.05) is 18.2 Å². The van der Waals surface area contributed by atoms with Crippen molar-refractivity contribution < 1.29 is 17.1 Å². The summed E-state index contributed by atoms with van der Waals surface area (Å²) in [6.45, 7) is 0. The van der Waals surface area contributed by atoms with Crippen LogP contribution >= 0.6 is 11.6 Å². The summed E-state index contributed by atoms with van der Waals surface area (Å²) in [5.74, 6) is 0. The van der Waals surface area contributed by atoms with Gasteiger partial charge in [-0.3, -0.25) is 0 Å². The molecule has 0 bridgehead atoms. The van der Waals surface area contributed by atoms with Crippen LogP contribution in [0.5, 0.6) is 0 Å². The Morgan fingerprint density at radius 3 is 2.47 bits per heavy atom. The molecule has 5 heteroatoms. The molecule has 2 rings (SSSR count). The zero-order chi connectivity index (χ0) is 9.97. The molecule has 2 aromatic rings. The second kappa shape index (κ2) is 4.96. The molecule has 1 heterocycles. The van der Waals surface area contributed by atoms with E-state index in [2.05, 4.69) is 5.10 Å². The van der Waals surface area contributed by atoms with E-state index in [1.807, 2.05) is 30.3 Å². The van der Waals surface area contributed by atoms with E-state index >= 15 is 0 Å². The second-order valence-electron chi connectivity index (χ2n) is 2.86. The number of rotatable bonds is 1. The summed E-state index contributed by atoms with van der Waals surface area (Å²) in [6, 6.07) is 11.3. The number of hydrogen-bond acceptors (Lipinski definition) is 2. The summed E-state index contributed by atoms with van der Waals surface area (Å²) in [6.07, 6.45) is 1.57. The molecule has 0 saturated heterocycles. The molecule has 15 heavy (non-hydrogen) atoms. The molecule has 0 saturated carbocycles. The number of aromatic nitrogens is 2. The number of hydrogen-bond donors (Lipinski definition) is 1. The van der Waals surface area contributed by atoms with Crippen molar-refractivity contribution in [3.8, 4) is 5.69 Å². The van der Waals surface area contributed by atoms with Crippen molar-refractivity contribution in [2.45, 2.75) is 0 Å². The largest absolute Gasteiger partial charge is 1.00 e. The normalized spacial score (nSPS) is 9.40. The van der Waals surface area contributed by atoms with Crippen LogP contribution in [0.4, 0.5) is 5.69 Å². The van der Waals surface area contributed by atoms with Crippen molar-refractivity contribution in [2.75, 3.05) is 5.73 Å². The predicted octanol–water partition coefficient (Wildman–Crippen LogP) is -1.40. The highest BCUT2D eigenvalue weighted by Crippen LogP contribution is 2.08. The minimum Gasteiger partial charge on any atom is -1.00 e. The maximum atomic E-state index is 5.98. The number of halogens is 2. The molecule has 0 amide bonds. The van der Waals surface area contributed by atoms with Gasteiger partial charge in [-0.2, -0.15) is 0 Å². The van der Waals surface area contributed by atoms with Crippen LogP contribution in [0, 0.1) is 0 Å². The molecule has 0 aliphatic rings. The molecule has 2 N–H and O–H groups in total. The van der Waals surface area contributed by atoms with Crippen LogP contribution in [0.15, 0.2) is 42.6 Å². The molecule has 78 valence electrons. The third kappa shape index (κ3) is 2.58. The smallest absolute Gasteiger partial charge is 0.309 e. The zero-order valence-corrected chi connectivity index (χ0v) is 9.28. The van der Waals surface area contributed by atoms with Crippen molar-refractivity contribution in [1.29, 1.82) is 0 Å². The fourth-order valence-electron chi connectivity index (χ4n) is 1.17. The maximum Gasteiger partial charge on any atom is 0.309 e. The van der Waals surface area contributed by atoms with E-state index < -0.39 is 0 Å². The molecule has 0 radical (unpaired) electrons. The average molecular weight is 242 g/mol. The Balaban J connectivity index is 0.00000112. The van der Waals surface area contributed by atoms with Gasteiger partial charge in [0.1, 0.15) is 6.20 Å². The minimum absolute atomic E-state index is 0. The summed E-state index contributed by atoms with van der Waals surface area (Å²) < 4.78 is 1.62. The maximum absolute atomic E-state index is 5.98. The van der Waals surface area contributed by atoms with Gasteiger partial charge in [0, 0.05) is 17.2 Å². The first-order valence-electron chi connectivity index (χ1n) is 4.16. The SMILES string of the molecule is Nc1cn[n+](-c2ccccc2)c(Cl)c1.[Cl-]. The van der Waals surface area contributed by atoms with Crippen LogP contribution in [0.2, 0.25) is 5.15 Å². The van der Waals surface area contributed by atoms with Crippen molar-refractivity contribution in [3.63, 3.8) is 0 Å². The van der Waals surface area contributed by atoms with Crippen LogP contribution in [0.25, 0.3) is 5.69 Å². The Hall–Kier alpha value is -1.32. The number of nitrogens with two attached hydrogens (primary N) is 1. The third-order valence-electron chi connectivity index (χ3n) is 1.81. The van der Waals surface area contributed by atoms with Gasteiger partial charge in [0.2, 0.25) is 5.69 Å². The molecule has 0 fully saturated rings. The highest BCUT2D eigenvalue weighted by Gasteiger charge is 2.13. The number of benzene rings is 1. The number of anilines is 1. The number of para-hydroxylation sites is 1. The quantitative estimate of drug-likeness (QED) is 0.625. The monoisotopic (exact) mass is 241 g/mol. The summed E-state index contributed by atoms with van der Waals surface area (Å²) in [5, 5.41) is 4.60. The minimum atomic E-state index is 0. The first-order valence-corrected chi connectivity index (χ1v) is 4.54. The molecule has 1 aromatic heterocycles. The van der Waals surface area contributed by atoms with Gasteiger partial charge in [0.25, 0.3) is 0 Å². The molecule has 0 aliphatic heterocycles. The zero-order valence-electron chi connectivity index (χ0n) is 7.77. The third-order valence-corrected chi connectivity index (χ3v) is 2.08. The van der Waals surface area contributed by atoms with Crippen molar-refractivity contribution in [2.24, 2.45) is 0 Å². The summed E-state index contributed by atoms with van der Waals surface area (Å²) in [5.41, 5.74) is 7.02. The lowest BCUT2D eigenvalue weighted by Crippen LogP contribution is -3.00. The standard InChI is InChI=1S/C10H8ClN3.ClH/c11-10-6-8(12)7-13-14(10)9-4-2-1-3-5-9;/h1-7,12H;1H. The van der Waals surface area contributed by atoms with E-state index in [4.69, 9.17) is 17.3 Å². The first-order chi connectivity index (χ1) is 6.77. The fraction of sp³-hybridized carbons (Fsp3) is 0. The Morgan fingerprint density at radius 2 is 1.87 bits per heavy atom. The van der Waals surface area contributed by atoms with E-state index in [9.17, 15) is 0 Å². The van der Waals surface area contributed by atoms with Gasteiger partial charge in [0.05, 0.1) is 11.8 Å². The van der Waals surface area contributed by atoms with E-state index in [-0.39, 0.29) is 12.4 Å². The van der Waals surface area contributed by atoms with E-state index in [0.29, 0.717) is 10.8 Å². The van der Waals surface area contributed by atoms with E-state index in [1.165, 1.54) is 0 Å². The molecule has 1 aromatic carbocycles. The van der Waals surface area contributed by atoms with Gasteiger partial charge in [-0.15, -0.1) is 0 Å². The molecule has 0 unspecified atom stereocenters. The molecule has 3 nitrogen and oxygen atoms in total. The summed E-state index contributed by atoms with van der Waals surface area (Å²) in [7, 11) is 0. The topological polar surface area (TPSA) is 42.8 Å². The Bertz CT molecular complexity index is 446. The Kier molecular flexibility index (Phi) is 3.88. The Labute approximate surface area is 98.9 Å². The van der Waals surface area contributed by atoms with Gasteiger partial charge < -0.3 is 18.1 Å². The first kappa shape index (κ1) is 11.8. The van der Waals surface area contributed by atoms with Crippen molar-refractivity contribution in [3.05, 3.63) is 47.7 Å². The van der Waals surface area contributed by atoms with Crippen molar-refractivity contribution >= 4 is 17.3 Å². The lowest BCUT2D eigenvalue weighted by Gasteiger charge is -1.95. The van der Waals surface area contributed by atoms with E-state index in [1.54, 1.807) is 16.9 Å². The summed E-state index contributed by atoms with van der Waals surface area (Å²) >= 11 is 5.98. The lowest BCUT2D eigenvalue weighted by atomic mass is 10.3. The lowest BCUT2D eigenvalue weighted by molar-refractivity contribution is -0.657. The van der Waals surface area contributed by atoms with Gasteiger partial charge in [-0.25, -0.2) is 0 Å². The van der Waals surface area contributed by atoms with Crippen molar-refractivity contribution in [1.82, 2.24) is 5.10 Å². The van der Waals surface area contributed by atoms with Crippen LogP contribution < -0.4 is 22.8 Å². The summed E-state index contributed by atoms with van der Waals surface area (Å²) in [4.78, 5) is 0. The molecule has 0 spiro atoms. The number of nitrogen functional groups attached to an aromatic ring is 1. The Morgan fingerprint density at radius 1 is 1.20 bits per heavy atom. The molecular weight excluding hydrogens is 233 g/mol. The fourth-order valence-corrected chi connectivity index (χ4v) is 1.44. The highest BCUT2D eigenvalue weighted by molar-refractivity contribution is 6.28. The van der Waals surface area contributed by atoms with Crippen LogP contribution in [0.1, 0.15) is 0 Å². The number of nitrogens with zero attached hydrogens (tertiary/aromatic N) is 2. The molecular formula is C10H9Cl2N3. The molecule has 0 aliphatic carbocycles. The van der Waals surface area contributed by atoms with E-state index in [0.717, 1.165) is 5.69 Å². The van der Waals surface area contributed by atoms with Crippen LogP contribution in [-0.4, -0.2) is 5.10 Å². The average Bonchev–Trinajstić information content (AvgIpc) is 2.19. The van der Waals surface area contributed by atoms with Gasteiger partial charge in [0.15, 0.2) is 0 Å². The second-order valence-corrected chi connectivity index (χ2v) is 3.25. The van der Waals surface area contributed by atoms with Crippen LogP contribution in [-0.2, 0) is 0 Å². The predicted molar refractivity (Wildman–Crippen MR) is 55.2 cm³/mol. The van der Waals surface area contributed by atoms with Crippen LogP contribution in [0.3, 0.4) is 0 Å². The van der Waals surface area contributed by atoms with Gasteiger partial charge >= 0.3 is 5.15 Å². The molecule has 0 atom stereocenters.